The van der Waals surface area contributed by atoms with Crippen LogP contribution in [-0.2, 0) is 11.3 Å². The Kier molecular flexibility index (Phi) is 5.40. The summed E-state index contributed by atoms with van der Waals surface area (Å²) >= 11 is 0. The number of hydrogen-bond donors (Lipinski definition) is 2. The van der Waals surface area contributed by atoms with Crippen molar-refractivity contribution in [2.75, 3.05) is 25.6 Å². The molecule has 1 unspecified atom stereocenters. The number of rotatable bonds is 5. The predicted octanol–water partition coefficient (Wildman–Crippen LogP) is 1.37. The molecule has 0 fully saturated rings. The lowest BCUT2D eigenvalue weighted by Gasteiger charge is -2.23. The molecule has 6 nitrogen and oxygen atoms in total. The molecule has 2 aromatic rings. The summed E-state index contributed by atoms with van der Waals surface area (Å²) in [5.74, 6) is 1.43. The number of carbonyl (C=O) groups is 1. The van der Waals surface area contributed by atoms with Crippen molar-refractivity contribution in [3.05, 3.63) is 53.6 Å². The SMILES string of the molecule is C[C@H](C(=O)Nc1cccc(C#N)c1)[NH+](C)Cc1ccc2c(c1)OCCO2. The van der Waals surface area contributed by atoms with E-state index in [1.807, 2.05) is 32.2 Å². The fourth-order valence-corrected chi connectivity index (χ4v) is 2.81. The van der Waals surface area contributed by atoms with E-state index in [-0.39, 0.29) is 11.9 Å². The van der Waals surface area contributed by atoms with Gasteiger partial charge in [0, 0.05) is 11.3 Å². The number of anilines is 1. The Hall–Kier alpha value is -3.04. The number of nitrogens with one attached hydrogen (secondary N) is 2. The van der Waals surface area contributed by atoms with E-state index in [0.717, 1.165) is 22.0 Å². The molecule has 0 aromatic heterocycles. The van der Waals surface area contributed by atoms with Crippen LogP contribution < -0.4 is 19.7 Å². The highest BCUT2D eigenvalue weighted by Crippen LogP contribution is 2.30. The second-order valence-corrected chi connectivity index (χ2v) is 6.40. The van der Waals surface area contributed by atoms with E-state index in [1.165, 1.54) is 0 Å². The molecule has 134 valence electrons. The summed E-state index contributed by atoms with van der Waals surface area (Å²) < 4.78 is 11.2. The number of carbonyl (C=O) groups excluding carboxylic acids is 1. The Balaban J connectivity index is 1.62. The smallest absolute Gasteiger partial charge is 0.282 e. The van der Waals surface area contributed by atoms with E-state index in [2.05, 4.69) is 11.4 Å². The van der Waals surface area contributed by atoms with E-state index >= 15 is 0 Å². The highest BCUT2D eigenvalue weighted by Gasteiger charge is 2.23. The Morgan fingerprint density at radius 3 is 2.77 bits per heavy atom. The molecule has 1 amide bonds. The minimum Gasteiger partial charge on any atom is -0.486 e. The summed E-state index contributed by atoms with van der Waals surface area (Å²) in [6.45, 7) is 3.70. The van der Waals surface area contributed by atoms with Crippen LogP contribution in [0.2, 0.25) is 0 Å². The first-order chi connectivity index (χ1) is 12.6. The van der Waals surface area contributed by atoms with E-state index in [4.69, 9.17) is 14.7 Å². The minimum absolute atomic E-state index is 0.0878. The van der Waals surface area contributed by atoms with Crippen molar-refractivity contribution in [2.45, 2.75) is 19.5 Å². The van der Waals surface area contributed by atoms with Crippen molar-refractivity contribution in [3.63, 3.8) is 0 Å². The van der Waals surface area contributed by atoms with Crippen molar-refractivity contribution in [1.82, 2.24) is 0 Å². The summed E-state index contributed by atoms with van der Waals surface area (Å²) in [7, 11) is 1.98. The van der Waals surface area contributed by atoms with Gasteiger partial charge in [-0.1, -0.05) is 6.07 Å². The van der Waals surface area contributed by atoms with Crippen molar-refractivity contribution in [2.24, 2.45) is 0 Å². The third-order valence-electron chi connectivity index (χ3n) is 4.48. The van der Waals surface area contributed by atoms with Gasteiger partial charge in [-0.05, 0) is 43.3 Å². The van der Waals surface area contributed by atoms with Gasteiger partial charge in [-0.3, -0.25) is 4.79 Å². The average Bonchev–Trinajstić information content (AvgIpc) is 2.67. The van der Waals surface area contributed by atoms with Crippen LogP contribution in [0.4, 0.5) is 5.69 Å². The Morgan fingerprint density at radius 1 is 1.23 bits per heavy atom. The highest BCUT2D eigenvalue weighted by molar-refractivity contribution is 5.93. The van der Waals surface area contributed by atoms with Gasteiger partial charge in [0.1, 0.15) is 19.8 Å². The number of nitrogens with zero attached hydrogens (tertiary/aromatic N) is 1. The standard InChI is InChI=1S/C20H21N3O3/c1-14(20(24)22-17-5-3-4-15(10-17)12-21)23(2)13-16-6-7-18-19(11-16)26-9-8-25-18/h3-7,10-11,14H,8-9,13H2,1-2H3,(H,22,24)/p+1/t14-/m1/s1. The molecule has 3 rings (SSSR count). The molecular formula is C20H22N3O3+. The number of likely N-dealkylation sites (N-methyl/N-ethyl adjacent to an activating group) is 1. The van der Waals surface area contributed by atoms with Gasteiger partial charge in [0.2, 0.25) is 0 Å². The number of nitriles is 1. The van der Waals surface area contributed by atoms with Crippen LogP contribution >= 0.6 is 0 Å². The first-order valence-electron chi connectivity index (χ1n) is 8.58. The van der Waals surface area contributed by atoms with Gasteiger partial charge in [0.15, 0.2) is 17.5 Å². The monoisotopic (exact) mass is 352 g/mol. The summed E-state index contributed by atoms with van der Waals surface area (Å²) in [6.07, 6.45) is 0. The number of fused-ring (bicyclic) bond motifs is 1. The molecule has 6 heteroatoms. The second kappa shape index (κ2) is 7.89. The minimum atomic E-state index is -0.256. The van der Waals surface area contributed by atoms with Crippen LogP contribution in [0.25, 0.3) is 0 Å². The number of quaternary nitrogens is 1. The van der Waals surface area contributed by atoms with Crippen molar-refractivity contribution in [1.29, 1.82) is 5.26 Å². The maximum atomic E-state index is 12.5. The van der Waals surface area contributed by atoms with Gasteiger partial charge in [0.05, 0.1) is 18.7 Å². The van der Waals surface area contributed by atoms with Gasteiger partial charge in [-0.25, -0.2) is 0 Å². The average molecular weight is 352 g/mol. The van der Waals surface area contributed by atoms with E-state index in [9.17, 15) is 4.79 Å². The molecule has 0 bridgehead atoms. The molecule has 0 saturated heterocycles. The molecule has 2 N–H and O–H groups in total. The normalized spacial score (nSPS) is 14.8. The maximum Gasteiger partial charge on any atom is 0.282 e. The van der Waals surface area contributed by atoms with Crippen LogP contribution in [0.15, 0.2) is 42.5 Å². The largest absolute Gasteiger partial charge is 0.486 e. The Labute approximate surface area is 152 Å². The fraction of sp³-hybridized carbons (Fsp3) is 0.300. The highest BCUT2D eigenvalue weighted by atomic mass is 16.6. The molecule has 0 radical (unpaired) electrons. The van der Waals surface area contributed by atoms with Crippen molar-refractivity contribution < 1.29 is 19.2 Å². The van der Waals surface area contributed by atoms with Gasteiger partial charge < -0.3 is 19.7 Å². The molecule has 0 saturated carbocycles. The molecule has 1 aliphatic rings. The molecular weight excluding hydrogens is 330 g/mol. The number of amides is 1. The zero-order valence-corrected chi connectivity index (χ0v) is 14.9. The Bertz CT molecular complexity index is 844. The first-order valence-corrected chi connectivity index (χ1v) is 8.58. The molecule has 0 spiro atoms. The lowest BCUT2D eigenvalue weighted by molar-refractivity contribution is -0.907. The maximum absolute atomic E-state index is 12.5. The summed E-state index contributed by atoms with van der Waals surface area (Å²) in [6, 6.07) is 14.6. The van der Waals surface area contributed by atoms with Gasteiger partial charge in [-0.15, -0.1) is 0 Å². The van der Waals surface area contributed by atoms with Crippen LogP contribution in [0.3, 0.4) is 0 Å². The van der Waals surface area contributed by atoms with Crippen molar-refractivity contribution in [3.8, 4) is 17.6 Å². The third kappa shape index (κ3) is 4.13. The topological polar surface area (TPSA) is 75.8 Å². The lowest BCUT2D eigenvalue weighted by Crippen LogP contribution is -3.12. The molecule has 2 atom stereocenters. The zero-order valence-electron chi connectivity index (χ0n) is 14.9. The van der Waals surface area contributed by atoms with Crippen LogP contribution in [0.1, 0.15) is 18.1 Å². The number of hydrogen-bond acceptors (Lipinski definition) is 4. The first kappa shape index (κ1) is 17.8. The van der Waals surface area contributed by atoms with E-state index < -0.39 is 0 Å². The van der Waals surface area contributed by atoms with Gasteiger partial charge in [-0.2, -0.15) is 5.26 Å². The fourth-order valence-electron chi connectivity index (χ4n) is 2.81. The van der Waals surface area contributed by atoms with Gasteiger partial charge in [0.25, 0.3) is 5.91 Å². The van der Waals surface area contributed by atoms with Crippen LogP contribution in [0, 0.1) is 11.3 Å². The lowest BCUT2D eigenvalue weighted by atomic mass is 10.1. The van der Waals surface area contributed by atoms with Crippen LogP contribution in [0.5, 0.6) is 11.5 Å². The summed E-state index contributed by atoms with van der Waals surface area (Å²) in [5, 5.41) is 11.8. The van der Waals surface area contributed by atoms with Gasteiger partial charge >= 0.3 is 0 Å². The molecule has 0 aliphatic carbocycles. The van der Waals surface area contributed by atoms with Crippen molar-refractivity contribution >= 4 is 11.6 Å². The van der Waals surface area contributed by atoms with E-state index in [0.29, 0.717) is 31.0 Å². The molecule has 2 aromatic carbocycles. The summed E-state index contributed by atoms with van der Waals surface area (Å²) in [5.41, 5.74) is 2.23. The zero-order chi connectivity index (χ0) is 18.5. The Morgan fingerprint density at radius 2 is 2.00 bits per heavy atom. The van der Waals surface area contributed by atoms with Crippen LogP contribution in [-0.4, -0.2) is 32.2 Å². The summed E-state index contributed by atoms with van der Waals surface area (Å²) in [4.78, 5) is 13.6. The molecule has 1 aliphatic heterocycles. The van der Waals surface area contributed by atoms with E-state index in [1.54, 1.807) is 24.3 Å². The molecule has 26 heavy (non-hydrogen) atoms. The quantitative estimate of drug-likeness (QED) is 0.852. The predicted molar refractivity (Wildman–Crippen MR) is 97.3 cm³/mol. The third-order valence-corrected chi connectivity index (χ3v) is 4.48. The number of ether oxygens (including phenoxy) is 2. The second-order valence-electron chi connectivity index (χ2n) is 6.40. The number of benzene rings is 2. The molecule has 1 heterocycles.